The van der Waals surface area contributed by atoms with Gasteiger partial charge in [-0.1, -0.05) is 46.6 Å². The van der Waals surface area contributed by atoms with Crippen LogP contribution in [0.5, 0.6) is 0 Å². The van der Waals surface area contributed by atoms with Gasteiger partial charge in [0.05, 0.1) is 6.17 Å². The van der Waals surface area contributed by atoms with E-state index in [1.165, 1.54) is 12.8 Å². The number of rotatable bonds is 9. The number of amides is 1. The maximum absolute atomic E-state index is 11.7. The van der Waals surface area contributed by atoms with Crippen molar-refractivity contribution in [1.29, 1.82) is 0 Å². The van der Waals surface area contributed by atoms with Crippen molar-refractivity contribution >= 4 is 5.91 Å². The molecule has 0 aromatic heterocycles. The van der Waals surface area contributed by atoms with Gasteiger partial charge in [0.15, 0.2) is 0 Å². The van der Waals surface area contributed by atoms with Gasteiger partial charge in [-0.2, -0.15) is 0 Å². The average Bonchev–Trinajstić information content (AvgIpc) is 2.30. The number of carbonyl (C=O) groups is 1. The topological polar surface area (TPSA) is 32.3 Å². The average molecular weight is 240 g/mol. The van der Waals surface area contributed by atoms with Crippen molar-refractivity contribution < 1.29 is 4.79 Å². The third kappa shape index (κ3) is 6.47. The van der Waals surface area contributed by atoms with E-state index in [0.29, 0.717) is 5.57 Å². The summed E-state index contributed by atoms with van der Waals surface area (Å²) in [4.78, 5) is 14.0. The van der Waals surface area contributed by atoms with Crippen molar-refractivity contribution in [3.8, 4) is 0 Å². The summed E-state index contributed by atoms with van der Waals surface area (Å²) in [6.07, 6.45) is 4.77. The summed E-state index contributed by atoms with van der Waals surface area (Å²) in [6, 6.07) is 0. The van der Waals surface area contributed by atoms with E-state index < -0.39 is 0 Å². The number of hydrogen-bond acceptors (Lipinski definition) is 2. The summed E-state index contributed by atoms with van der Waals surface area (Å²) in [6.45, 7) is 13.8. The molecule has 17 heavy (non-hydrogen) atoms. The first-order valence-electron chi connectivity index (χ1n) is 6.77. The highest BCUT2D eigenvalue weighted by molar-refractivity contribution is 5.92. The van der Waals surface area contributed by atoms with Crippen LogP contribution in [0.1, 0.15) is 53.4 Å². The predicted octanol–water partition coefficient (Wildman–Crippen LogP) is 2.93. The highest BCUT2D eigenvalue weighted by Crippen LogP contribution is 2.08. The van der Waals surface area contributed by atoms with Crippen LogP contribution >= 0.6 is 0 Å². The largest absolute Gasteiger partial charge is 0.337 e. The van der Waals surface area contributed by atoms with Crippen LogP contribution < -0.4 is 5.32 Å². The third-order valence-corrected chi connectivity index (χ3v) is 3.02. The number of unbranched alkanes of at least 4 members (excludes halogenated alkanes) is 2. The van der Waals surface area contributed by atoms with Crippen LogP contribution in [0.2, 0.25) is 0 Å². The Kier molecular flexibility index (Phi) is 8.78. The molecule has 0 aromatic carbocycles. The lowest BCUT2D eigenvalue weighted by Gasteiger charge is -2.30. The Bertz CT molecular complexity index is 234. The number of hydrogen-bond donors (Lipinski definition) is 1. The van der Waals surface area contributed by atoms with E-state index >= 15 is 0 Å². The van der Waals surface area contributed by atoms with E-state index in [2.05, 4.69) is 37.6 Å². The van der Waals surface area contributed by atoms with E-state index in [9.17, 15) is 4.79 Å². The molecule has 0 spiro atoms. The van der Waals surface area contributed by atoms with Gasteiger partial charge in [0.25, 0.3) is 0 Å². The lowest BCUT2D eigenvalue weighted by molar-refractivity contribution is -0.119. The van der Waals surface area contributed by atoms with E-state index in [1.807, 2.05) is 0 Å². The van der Waals surface area contributed by atoms with E-state index in [0.717, 1.165) is 25.9 Å². The maximum Gasteiger partial charge on any atom is 0.247 e. The molecular weight excluding hydrogens is 212 g/mol. The van der Waals surface area contributed by atoms with Crippen molar-refractivity contribution in [1.82, 2.24) is 10.2 Å². The molecule has 0 heterocycles. The van der Waals surface area contributed by atoms with Gasteiger partial charge >= 0.3 is 0 Å². The van der Waals surface area contributed by atoms with Crippen LogP contribution in [0.15, 0.2) is 12.2 Å². The Balaban J connectivity index is 4.37. The first-order chi connectivity index (χ1) is 8.06. The van der Waals surface area contributed by atoms with Crippen molar-refractivity contribution in [2.24, 2.45) is 0 Å². The maximum atomic E-state index is 11.7. The SMILES string of the molecule is C=C(C)C(=O)NC(CCCCC)N(CC)CC. The number of nitrogens with zero attached hydrogens (tertiary/aromatic N) is 1. The molecule has 0 aromatic rings. The Morgan fingerprint density at radius 2 is 1.82 bits per heavy atom. The van der Waals surface area contributed by atoms with Gasteiger partial charge in [-0.15, -0.1) is 0 Å². The Morgan fingerprint density at radius 3 is 2.24 bits per heavy atom. The second-order valence-electron chi connectivity index (χ2n) is 4.49. The van der Waals surface area contributed by atoms with E-state index in [1.54, 1.807) is 6.92 Å². The molecular formula is C14H28N2O. The standard InChI is InChI=1S/C14H28N2O/c1-6-9-10-11-13(16(7-2)8-3)15-14(17)12(4)5/h13H,4,6-11H2,1-3,5H3,(H,15,17). The molecule has 1 unspecified atom stereocenters. The molecule has 3 heteroatoms. The summed E-state index contributed by atoms with van der Waals surface area (Å²) < 4.78 is 0. The van der Waals surface area contributed by atoms with Crippen molar-refractivity contribution in [3.05, 3.63) is 12.2 Å². The quantitative estimate of drug-likeness (QED) is 0.382. The highest BCUT2D eigenvalue weighted by atomic mass is 16.1. The molecule has 0 bridgehead atoms. The van der Waals surface area contributed by atoms with Gasteiger partial charge < -0.3 is 5.32 Å². The lowest BCUT2D eigenvalue weighted by atomic mass is 10.1. The van der Waals surface area contributed by atoms with Gasteiger partial charge in [-0.25, -0.2) is 0 Å². The minimum absolute atomic E-state index is 0.0293. The van der Waals surface area contributed by atoms with E-state index in [4.69, 9.17) is 0 Å². The molecule has 1 amide bonds. The smallest absolute Gasteiger partial charge is 0.247 e. The Hall–Kier alpha value is -0.830. The van der Waals surface area contributed by atoms with Crippen LogP contribution in [-0.4, -0.2) is 30.1 Å². The van der Waals surface area contributed by atoms with Gasteiger partial charge in [-0.05, 0) is 26.4 Å². The van der Waals surface area contributed by atoms with Crippen molar-refractivity contribution in [2.45, 2.75) is 59.5 Å². The zero-order chi connectivity index (χ0) is 13.3. The normalized spacial score (nSPS) is 12.5. The van der Waals surface area contributed by atoms with Gasteiger partial charge in [0.1, 0.15) is 0 Å². The monoisotopic (exact) mass is 240 g/mol. The first-order valence-corrected chi connectivity index (χ1v) is 6.77. The third-order valence-electron chi connectivity index (χ3n) is 3.02. The van der Waals surface area contributed by atoms with Gasteiger partial charge in [0, 0.05) is 5.57 Å². The molecule has 0 aliphatic carbocycles. The molecule has 0 aliphatic heterocycles. The van der Waals surface area contributed by atoms with Gasteiger partial charge in [0.2, 0.25) is 5.91 Å². The summed E-state index contributed by atoms with van der Waals surface area (Å²) in [5.74, 6) is -0.0293. The van der Waals surface area contributed by atoms with Crippen LogP contribution in [0.3, 0.4) is 0 Å². The molecule has 0 fully saturated rings. The molecule has 1 atom stereocenters. The molecule has 0 saturated carbocycles. The Labute approximate surface area is 106 Å². The second kappa shape index (κ2) is 9.23. The number of carbonyl (C=O) groups excluding carboxylic acids is 1. The summed E-state index contributed by atoms with van der Waals surface area (Å²) in [5.41, 5.74) is 0.581. The van der Waals surface area contributed by atoms with Crippen LogP contribution in [-0.2, 0) is 4.79 Å². The lowest BCUT2D eigenvalue weighted by Crippen LogP contribution is -2.48. The fourth-order valence-corrected chi connectivity index (χ4v) is 1.87. The minimum Gasteiger partial charge on any atom is -0.337 e. The highest BCUT2D eigenvalue weighted by Gasteiger charge is 2.17. The predicted molar refractivity (Wildman–Crippen MR) is 73.8 cm³/mol. The number of nitrogens with one attached hydrogen (secondary N) is 1. The fourth-order valence-electron chi connectivity index (χ4n) is 1.87. The molecule has 0 radical (unpaired) electrons. The first kappa shape index (κ1) is 16.2. The second-order valence-corrected chi connectivity index (χ2v) is 4.49. The van der Waals surface area contributed by atoms with Crippen molar-refractivity contribution in [2.75, 3.05) is 13.1 Å². The molecule has 0 rings (SSSR count). The summed E-state index contributed by atoms with van der Waals surface area (Å²) in [7, 11) is 0. The van der Waals surface area contributed by atoms with Crippen LogP contribution in [0.25, 0.3) is 0 Å². The fraction of sp³-hybridized carbons (Fsp3) is 0.786. The summed E-state index contributed by atoms with van der Waals surface area (Å²) in [5, 5.41) is 3.06. The zero-order valence-electron chi connectivity index (χ0n) is 11.9. The molecule has 1 N–H and O–H groups in total. The van der Waals surface area contributed by atoms with E-state index in [-0.39, 0.29) is 12.1 Å². The van der Waals surface area contributed by atoms with Crippen LogP contribution in [0, 0.1) is 0 Å². The Morgan fingerprint density at radius 1 is 1.24 bits per heavy atom. The summed E-state index contributed by atoms with van der Waals surface area (Å²) >= 11 is 0. The zero-order valence-corrected chi connectivity index (χ0v) is 11.9. The molecule has 0 aliphatic rings. The molecule has 3 nitrogen and oxygen atoms in total. The molecule has 100 valence electrons. The van der Waals surface area contributed by atoms with Gasteiger partial charge in [-0.3, -0.25) is 9.69 Å². The van der Waals surface area contributed by atoms with Crippen molar-refractivity contribution in [3.63, 3.8) is 0 Å². The molecule has 0 saturated heterocycles. The minimum atomic E-state index is -0.0293. The van der Waals surface area contributed by atoms with Crippen LogP contribution in [0.4, 0.5) is 0 Å².